The molecule has 5 amide bonds. The topological polar surface area (TPSA) is 186 Å². The molecule has 2 spiro atoms. The number of carbonyl (C=O) groups excluding carboxylic acids is 5. The lowest BCUT2D eigenvalue weighted by molar-refractivity contribution is -0.145. The highest BCUT2D eigenvalue weighted by atomic mass is 32.2. The third-order valence-electron chi connectivity index (χ3n) is 15.7. The maximum Gasteiger partial charge on any atom is 0.301 e. The van der Waals surface area contributed by atoms with E-state index in [2.05, 4.69) is 64.6 Å². The number of carbonyl (C=O) groups is 5. The number of rotatable bonds is 13. The van der Waals surface area contributed by atoms with E-state index >= 15 is 4.79 Å². The zero-order chi connectivity index (χ0) is 44.4. The van der Waals surface area contributed by atoms with Gasteiger partial charge in [-0.05, 0) is 115 Å². The van der Waals surface area contributed by atoms with Gasteiger partial charge in [0.1, 0.15) is 23.7 Å². The smallest absolute Gasteiger partial charge is 0.301 e. The highest BCUT2D eigenvalue weighted by molar-refractivity contribution is 7.88. The zero-order valence-electron chi connectivity index (χ0n) is 38.1. The molecule has 2 saturated heterocycles. The van der Waals surface area contributed by atoms with Crippen molar-refractivity contribution in [3.05, 3.63) is 12.7 Å². The molecule has 6 aliphatic rings. The van der Waals surface area contributed by atoms with Crippen molar-refractivity contribution in [1.29, 1.82) is 0 Å². The van der Waals surface area contributed by atoms with Gasteiger partial charge in [0, 0.05) is 29.5 Å². The standard InChI is InChI=1S/C45H75N7O7S/c1-12-30-25-45(30,39(57)49-60(58,59)50-41(7,8)9)48-36(54)32-26-44(42(10,11)43(44)22-18-23-43)27-52(32)38(56)34(40(4,5)6)47-37(55)33(29-19-14-13-15-20-29)46-35(53)31-21-16-17-24-51(31)28(2)3/h12,28-34,50H,1,13-27H2,2-11H3,(H,46,53)(H,47,55)(H,48,54)(H,49,57)/t30-,31+,32+,33+,34-,44-,45-/m1/s1. The van der Waals surface area contributed by atoms with E-state index in [0.717, 1.165) is 77.2 Å². The first-order valence-electron chi connectivity index (χ1n) is 22.7. The molecule has 6 fully saturated rings. The fourth-order valence-electron chi connectivity index (χ4n) is 12.1. The van der Waals surface area contributed by atoms with Crippen molar-refractivity contribution in [1.82, 2.24) is 35.2 Å². The number of fused-ring (bicyclic) bond motifs is 1. The van der Waals surface area contributed by atoms with Crippen LogP contribution in [0.25, 0.3) is 0 Å². The molecule has 4 saturated carbocycles. The lowest BCUT2D eigenvalue weighted by Crippen LogP contribution is -2.63. The monoisotopic (exact) mass is 858 g/mol. The van der Waals surface area contributed by atoms with Gasteiger partial charge in [0.2, 0.25) is 23.6 Å². The van der Waals surface area contributed by atoms with Gasteiger partial charge < -0.3 is 20.9 Å². The number of amides is 5. The third-order valence-corrected chi connectivity index (χ3v) is 17.1. The predicted molar refractivity (Wildman–Crippen MR) is 231 cm³/mol. The number of hydrogen-bond donors (Lipinski definition) is 5. The van der Waals surface area contributed by atoms with Crippen LogP contribution >= 0.6 is 0 Å². The van der Waals surface area contributed by atoms with Crippen LogP contribution in [0.15, 0.2) is 12.7 Å². The summed E-state index contributed by atoms with van der Waals surface area (Å²) in [5.41, 5.74) is -3.73. The summed E-state index contributed by atoms with van der Waals surface area (Å²) in [6, 6.07) is -2.97. The van der Waals surface area contributed by atoms with Gasteiger partial charge in [-0.25, -0.2) is 4.72 Å². The van der Waals surface area contributed by atoms with Crippen LogP contribution in [0.3, 0.4) is 0 Å². The lowest BCUT2D eigenvalue weighted by atomic mass is 9.73. The number of hydrogen-bond acceptors (Lipinski definition) is 8. The van der Waals surface area contributed by atoms with Gasteiger partial charge in [-0.1, -0.05) is 72.8 Å². The first kappa shape index (κ1) is 46.5. The molecule has 0 aromatic carbocycles. The second kappa shape index (κ2) is 16.3. The summed E-state index contributed by atoms with van der Waals surface area (Å²) in [6.45, 7) is 24.3. The molecular formula is C45H75N7O7S. The maximum atomic E-state index is 15.3. The van der Waals surface area contributed by atoms with Gasteiger partial charge in [-0.2, -0.15) is 13.1 Å². The molecule has 2 aliphatic heterocycles. The summed E-state index contributed by atoms with van der Waals surface area (Å²) in [7, 11) is -4.27. The van der Waals surface area contributed by atoms with E-state index in [1.165, 1.54) is 6.08 Å². The molecule has 0 radical (unpaired) electrons. The van der Waals surface area contributed by atoms with E-state index in [1.807, 2.05) is 20.8 Å². The number of piperidine rings is 1. The minimum absolute atomic E-state index is 0.0294. The Balaban J connectivity index is 1.28. The molecular weight excluding hydrogens is 783 g/mol. The summed E-state index contributed by atoms with van der Waals surface area (Å²) >= 11 is 0. The summed E-state index contributed by atoms with van der Waals surface area (Å²) in [5.74, 6) is -2.92. The Morgan fingerprint density at radius 1 is 0.800 bits per heavy atom. The molecule has 0 bridgehead atoms. The van der Waals surface area contributed by atoms with Crippen LogP contribution in [0.4, 0.5) is 0 Å². The van der Waals surface area contributed by atoms with Gasteiger partial charge in [0.05, 0.1) is 6.04 Å². The quantitative estimate of drug-likeness (QED) is 0.168. The Kier molecular flexibility index (Phi) is 12.6. The average molecular weight is 858 g/mol. The molecule has 0 unspecified atom stereocenters. The molecule has 4 aliphatic carbocycles. The van der Waals surface area contributed by atoms with Crippen LogP contribution in [0.5, 0.6) is 0 Å². The van der Waals surface area contributed by atoms with Crippen LogP contribution in [-0.4, -0.2) is 102 Å². The van der Waals surface area contributed by atoms with Crippen LogP contribution < -0.4 is 25.4 Å². The molecule has 2 heterocycles. The molecule has 5 N–H and O–H groups in total. The minimum atomic E-state index is -4.27. The largest absolute Gasteiger partial charge is 0.343 e. The SMILES string of the molecule is C=C[C@@H]1C[C@]1(NC(=O)[C@@H]1C[C@@]2(CN1C(=O)[C@@H](NC(=O)[C@@H](NC(=O)[C@@H]1CCCCN1C(C)C)C1CCCCC1)C(C)(C)C)C(C)(C)C21CCC1)C(=O)NS(=O)(=O)NC(C)(C)C. The highest BCUT2D eigenvalue weighted by Crippen LogP contribution is 2.88. The summed E-state index contributed by atoms with van der Waals surface area (Å²) in [4.78, 5) is 76.5. The first-order valence-corrected chi connectivity index (χ1v) is 24.2. The van der Waals surface area contributed by atoms with Gasteiger partial charge >= 0.3 is 10.2 Å². The van der Waals surface area contributed by atoms with E-state index in [-0.39, 0.29) is 58.4 Å². The fraction of sp³-hybridized carbons (Fsp3) is 0.844. The van der Waals surface area contributed by atoms with Crippen LogP contribution in [0.2, 0.25) is 0 Å². The van der Waals surface area contributed by atoms with Crippen LogP contribution in [-0.2, 0) is 34.2 Å². The van der Waals surface area contributed by atoms with Crippen LogP contribution in [0.1, 0.15) is 153 Å². The maximum absolute atomic E-state index is 15.3. The average Bonchev–Trinajstić information content (AvgIpc) is 3.86. The van der Waals surface area contributed by atoms with Crippen molar-refractivity contribution in [2.75, 3.05) is 13.1 Å². The Bertz CT molecular complexity index is 1830. The molecule has 0 aromatic heterocycles. The van der Waals surface area contributed by atoms with Crippen molar-refractivity contribution < 1.29 is 32.4 Å². The summed E-state index contributed by atoms with van der Waals surface area (Å²) < 4.78 is 30.5. The van der Waals surface area contributed by atoms with E-state index in [0.29, 0.717) is 13.0 Å². The van der Waals surface area contributed by atoms with Gasteiger partial charge in [-0.15, -0.1) is 6.58 Å². The number of nitrogens with one attached hydrogen (secondary N) is 5. The number of nitrogens with zero attached hydrogens (tertiary/aromatic N) is 2. The Labute approximate surface area is 359 Å². The van der Waals surface area contributed by atoms with Gasteiger partial charge in [-0.3, -0.25) is 28.9 Å². The fourth-order valence-corrected chi connectivity index (χ4v) is 13.3. The van der Waals surface area contributed by atoms with Crippen molar-refractivity contribution in [2.24, 2.45) is 33.5 Å². The summed E-state index contributed by atoms with van der Waals surface area (Å²) in [5, 5.41) is 9.28. The highest BCUT2D eigenvalue weighted by Gasteiger charge is 2.85. The molecule has 0 aromatic rings. The third kappa shape index (κ3) is 8.41. The summed E-state index contributed by atoms with van der Waals surface area (Å²) in [6.07, 6.45) is 12.4. The van der Waals surface area contributed by atoms with Crippen LogP contribution in [0, 0.1) is 33.5 Å². The molecule has 6 rings (SSSR count). The second-order valence-electron chi connectivity index (χ2n) is 22.2. The zero-order valence-corrected chi connectivity index (χ0v) is 38.9. The first-order chi connectivity index (χ1) is 27.8. The Morgan fingerprint density at radius 3 is 1.95 bits per heavy atom. The molecule has 338 valence electrons. The van der Waals surface area contributed by atoms with Crippen molar-refractivity contribution in [3.63, 3.8) is 0 Å². The van der Waals surface area contributed by atoms with Crippen molar-refractivity contribution in [2.45, 2.75) is 194 Å². The van der Waals surface area contributed by atoms with E-state index in [9.17, 15) is 27.6 Å². The Morgan fingerprint density at radius 2 is 1.43 bits per heavy atom. The van der Waals surface area contributed by atoms with Gasteiger partial charge in [0.25, 0.3) is 5.91 Å². The van der Waals surface area contributed by atoms with Crippen molar-refractivity contribution in [3.8, 4) is 0 Å². The van der Waals surface area contributed by atoms with Crippen molar-refractivity contribution >= 4 is 39.7 Å². The van der Waals surface area contributed by atoms with Gasteiger partial charge in [0.15, 0.2) is 0 Å². The molecule has 14 nitrogen and oxygen atoms in total. The van der Waals surface area contributed by atoms with E-state index in [1.54, 1.807) is 25.7 Å². The predicted octanol–water partition coefficient (Wildman–Crippen LogP) is 4.45. The number of likely N-dealkylation sites (tertiary alicyclic amines) is 2. The Hall–Kier alpha value is -3.04. The van der Waals surface area contributed by atoms with E-state index in [4.69, 9.17) is 0 Å². The normalized spacial score (nSPS) is 31.2. The lowest BCUT2D eigenvalue weighted by Gasteiger charge is -2.40. The molecule has 60 heavy (non-hydrogen) atoms. The van der Waals surface area contributed by atoms with E-state index < -0.39 is 62.6 Å². The minimum Gasteiger partial charge on any atom is -0.343 e. The molecule has 15 heteroatoms. The second-order valence-corrected chi connectivity index (χ2v) is 23.6. The molecule has 7 atom stereocenters.